The number of benzene rings is 1. The molecule has 0 aromatic heterocycles. The number of carboxylic acids is 1. The molecule has 1 fully saturated rings. The zero-order valence-corrected chi connectivity index (χ0v) is 11.2. The van der Waals surface area contributed by atoms with Crippen molar-refractivity contribution in [1.29, 1.82) is 0 Å². The minimum atomic E-state index is -1.05. The summed E-state index contributed by atoms with van der Waals surface area (Å²) in [5.41, 5.74) is -0.517. The van der Waals surface area contributed by atoms with Crippen LogP contribution in [-0.4, -0.2) is 22.5 Å². The lowest BCUT2D eigenvalue weighted by molar-refractivity contribution is -0.148. The Morgan fingerprint density at radius 1 is 1.29 bits per heavy atom. The maximum Gasteiger partial charge on any atom is 0.329 e. The number of amides is 1. The molecule has 0 radical (unpaired) electrons. The molecular weight excluding hydrogens is 333 g/mol. The molecule has 0 aliphatic heterocycles. The average Bonchev–Trinajstić information content (AvgIpc) is 2.23. The maximum atomic E-state index is 12.0. The number of carbonyl (C=O) groups is 2. The molecule has 1 amide bonds. The van der Waals surface area contributed by atoms with Crippen LogP contribution in [-0.2, 0) is 4.79 Å². The van der Waals surface area contributed by atoms with Crippen molar-refractivity contribution in [2.45, 2.75) is 24.8 Å². The van der Waals surface area contributed by atoms with Crippen molar-refractivity contribution in [2.24, 2.45) is 0 Å². The molecule has 0 heterocycles. The van der Waals surface area contributed by atoms with Gasteiger partial charge in [-0.3, -0.25) is 4.79 Å². The molecule has 1 aliphatic carbocycles. The van der Waals surface area contributed by atoms with E-state index in [0.717, 1.165) is 9.99 Å². The fourth-order valence-corrected chi connectivity index (χ4v) is 2.49. The summed E-state index contributed by atoms with van der Waals surface area (Å²) in [6.45, 7) is 0. The molecule has 0 bridgehead atoms. The van der Waals surface area contributed by atoms with Crippen LogP contribution in [0, 0.1) is 3.57 Å². The number of hydrogen-bond acceptors (Lipinski definition) is 2. The second-order valence-corrected chi connectivity index (χ2v) is 5.34. The molecule has 0 spiro atoms. The van der Waals surface area contributed by atoms with E-state index in [1.165, 1.54) is 0 Å². The Hall–Kier alpha value is -1.11. The first kappa shape index (κ1) is 12.3. The van der Waals surface area contributed by atoms with Gasteiger partial charge in [0.2, 0.25) is 0 Å². The van der Waals surface area contributed by atoms with Gasteiger partial charge in [-0.05, 0) is 54.0 Å². The van der Waals surface area contributed by atoms with E-state index in [2.05, 4.69) is 27.9 Å². The summed E-state index contributed by atoms with van der Waals surface area (Å²) < 4.78 is 0.822. The fraction of sp³-hybridized carbons (Fsp3) is 0.333. The molecule has 90 valence electrons. The van der Waals surface area contributed by atoms with E-state index < -0.39 is 11.5 Å². The van der Waals surface area contributed by atoms with Crippen LogP contribution in [0.1, 0.15) is 29.6 Å². The van der Waals surface area contributed by atoms with Gasteiger partial charge in [-0.15, -0.1) is 0 Å². The highest BCUT2D eigenvalue weighted by molar-refractivity contribution is 14.1. The summed E-state index contributed by atoms with van der Waals surface area (Å²) in [7, 11) is 0. The van der Waals surface area contributed by atoms with E-state index in [4.69, 9.17) is 5.11 Å². The Kier molecular flexibility index (Phi) is 3.37. The first-order chi connectivity index (χ1) is 8.05. The van der Waals surface area contributed by atoms with Crippen LogP contribution in [0.2, 0.25) is 0 Å². The van der Waals surface area contributed by atoms with Gasteiger partial charge < -0.3 is 10.4 Å². The largest absolute Gasteiger partial charge is 0.480 e. The van der Waals surface area contributed by atoms with Crippen LogP contribution in [0.25, 0.3) is 0 Å². The summed E-state index contributed by atoms with van der Waals surface area (Å²) in [5.74, 6) is -1.25. The highest BCUT2D eigenvalue weighted by Crippen LogP contribution is 2.32. The Labute approximate surface area is 113 Å². The van der Waals surface area contributed by atoms with Gasteiger partial charge in [0.25, 0.3) is 5.91 Å². The van der Waals surface area contributed by atoms with Crippen LogP contribution < -0.4 is 5.32 Å². The quantitative estimate of drug-likeness (QED) is 0.824. The minimum Gasteiger partial charge on any atom is -0.480 e. The zero-order chi connectivity index (χ0) is 12.5. The molecule has 1 aliphatic rings. The molecule has 2 rings (SSSR count). The number of hydrogen-bond donors (Lipinski definition) is 2. The highest BCUT2D eigenvalue weighted by atomic mass is 127. The summed E-state index contributed by atoms with van der Waals surface area (Å²) in [5, 5.41) is 11.8. The molecule has 1 aromatic rings. The van der Waals surface area contributed by atoms with E-state index in [1.54, 1.807) is 12.1 Å². The summed E-state index contributed by atoms with van der Waals surface area (Å²) >= 11 is 2.07. The third-order valence-electron chi connectivity index (χ3n) is 3.09. The van der Waals surface area contributed by atoms with Gasteiger partial charge in [-0.1, -0.05) is 12.1 Å². The molecule has 4 nitrogen and oxygen atoms in total. The average molecular weight is 345 g/mol. The van der Waals surface area contributed by atoms with E-state index in [9.17, 15) is 9.59 Å². The van der Waals surface area contributed by atoms with Crippen molar-refractivity contribution < 1.29 is 14.7 Å². The molecule has 5 heteroatoms. The van der Waals surface area contributed by atoms with Crippen LogP contribution in [0.5, 0.6) is 0 Å². The van der Waals surface area contributed by atoms with Gasteiger partial charge in [0.1, 0.15) is 5.54 Å². The Bertz CT molecular complexity index is 469. The van der Waals surface area contributed by atoms with Crippen molar-refractivity contribution in [3.05, 3.63) is 33.4 Å². The van der Waals surface area contributed by atoms with Crippen LogP contribution in [0.4, 0.5) is 0 Å². The van der Waals surface area contributed by atoms with Gasteiger partial charge >= 0.3 is 5.97 Å². The molecule has 17 heavy (non-hydrogen) atoms. The lowest BCUT2D eigenvalue weighted by Crippen LogP contribution is -2.59. The van der Waals surface area contributed by atoms with Crippen molar-refractivity contribution >= 4 is 34.5 Å². The predicted octanol–water partition coefficient (Wildman–Crippen LogP) is 2.03. The lowest BCUT2D eigenvalue weighted by Gasteiger charge is -2.38. The van der Waals surface area contributed by atoms with Crippen molar-refractivity contribution in [1.82, 2.24) is 5.32 Å². The van der Waals surface area contributed by atoms with E-state index in [-0.39, 0.29) is 5.91 Å². The van der Waals surface area contributed by atoms with Crippen LogP contribution >= 0.6 is 22.6 Å². The Morgan fingerprint density at radius 3 is 2.41 bits per heavy atom. The summed E-state index contributed by atoms with van der Waals surface area (Å²) in [6.07, 6.45) is 1.87. The van der Waals surface area contributed by atoms with Crippen molar-refractivity contribution in [3.63, 3.8) is 0 Å². The van der Waals surface area contributed by atoms with Crippen LogP contribution in [0.3, 0.4) is 0 Å². The Morgan fingerprint density at radius 2 is 1.94 bits per heavy atom. The fourth-order valence-electron chi connectivity index (χ4n) is 1.85. The first-order valence-electron chi connectivity index (χ1n) is 5.36. The van der Waals surface area contributed by atoms with Gasteiger partial charge in [0, 0.05) is 3.57 Å². The Balaban J connectivity index is 2.17. The van der Waals surface area contributed by atoms with Gasteiger partial charge in [-0.2, -0.15) is 0 Å². The van der Waals surface area contributed by atoms with Crippen molar-refractivity contribution in [2.75, 3.05) is 0 Å². The highest BCUT2D eigenvalue weighted by Gasteiger charge is 2.45. The molecular formula is C12H12INO3. The zero-order valence-electron chi connectivity index (χ0n) is 9.07. The van der Waals surface area contributed by atoms with Gasteiger partial charge in [0.15, 0.2) is 0 Å². The topological polar surface area (TPSA) is 66.4 Å². The molecule has 1 saturated carbocycles. The second-order valence-electron chi connectivity index (χ2n) is 4.17. The smallest absolute Gasteiger partial charge is 0.329 e. The van der Waals surface area contributed by atoms with Gasteiger partial charge in [0.05, 0.1) is 5.56 Å². The van der Waals surface area contributed by atoms with Crippen molar-refractivity contribution in [3.8, 4) is 0 Å². The molecule has 2 N–H and O–H groups in total. The number of rotatable bonds is 3. The normalized spacial score (nSPS) is 17.0. The first-order valence-corrected chi connectivity index (χ1v) is 6.43. The second kappa shape index (κ2) is 4.64. The van der Waals surface area contributed by atoms with Crippen LogP contribution in [0.15, 0.2) is 24.3 Å². The molecule has 0 atom stereocenters. The molecule has 0 unspecified atom stereocenters. The molecule has 0 saturated heterocycles. The minimum absolute atomic E-state index is 0.308. The number of carbonyl (C=O) groups excluding carboxylic acids is 1. The summed E-state index contributed by atoms with van der Waals surface area (Å²) in [4.78, 5) is 23.1. The third-order valence-corrected chi connectivity index (χ3v) is 4.03. The van der Waals surface area contributed by atoms with E-state index in [0.29, 0.717) is 18.4 Å². The van der Waals surface area contributed by atoms with E-state index >= 15 is 0 Å². The number of nitrogens with one attached hydrogen (secondary N) is 1. The number of aliphatic carboxylic acids is 1. The SMILES string of the molecule is O=C(NC1(C(=O)O)CCC1)c1ccccc1I. The maximum absolute atomic E-state index is 12.0. The third kappa shape index (κ3) is 2.29. The van der Waals surface area contributed by atoms with Gasteiger partial charge in [-0.25, -0.2) is 4.79 Å². The molecule has 1 aromatic carbocycles. The standard InChI is InChI=1S/C12H12INO3/c13-9-5-2-1-4-8(9)10(15)14-12(11(16)17)6-3-7-12/h1-2,4-5H,3,6-7H2,(H,14,15)(H,16,17). The monoisotopic (exact) mass is 345 g/mol. The lowest BCUT2D eigenvalue weighted by atomic mass is 9.76. The number of carboxylic acid groups (broad SMARTS) is 1. The predicted molar refractivity (Wildman–Crippen MR) is 70.8 cm³/mol. The van der Waals surface area contributed by atoms with E-state index in [1.807, 2.05) is 12.1 Å². The summed E-state index contributed by atoms with van der Waals surface area (Å²) in [6, 6.07) is 7.13. The number of halogens is 1.